The van der Waals surface area contributed by atoms with Crippen LogP contribution in [0, 0.1) is 27.2 Å². The number of carbonyl (C=O) groups is 1. The van der Waals surface area contributed by atoms with Gasteiger partial charge in [-0.25, -0.2) is 4.98 Å². The summed E-state index contributed by atoms with van der Waals surface area (Å²) in [4.78, 5) is 37.7. The smallest absolute Gasteiger partial charge is 0.279 e. The maximum atomic E-state index is 12.5. The van der Waals surface area contributed by atoms with Crippen molar-refractivity contribution in [3.05, 3.63) is 73.1 Å². The predicted octanol–water partition coefficient (Wildman–Crippen LogP) is 4.20. The molecule has 3 aromatic rings. The fourth-order valence-corrected chi connectivity index (χ4v) is 3.38. The van der Waals surface area contributed by atoms with Crippen LogP contribution in [0.15, 0.2) is 41.8 Å². The number of ether oxygens (including phenoxy) is 1. The Bertz CT molecular complexity index is 1090. The molecule has 1 amide bonds. The summed E-state index contributed by atoms with van der Waals surface area (Å²) >= 11 is 1.14. The minimum absolute atomic E-state index is 0.121. The van der Waals surface area contributed by atoms with Gasteiger partial charge in [0.1, 0.15) is 11.3 Å². The van der Waals surface area contributed by atoms with Crippen LogP contribution < -0.4 is 10.1 Å². The zero-order valence-corrected chi connectivity index (χ0v) is 16.1. The maximum absolute atomic E-state index is 12.5. The Hall–Kier alpha value is -3.86. The molecular weight excluding hydrogens is 400 g/mol. The Kier molecular flexibility index (Phi) is 5.50. The van der Waals surface area contributed by atoms with Crippen LogP contribution in [0.4, 0.5) is 16.5 Å². The highest BCUT2D eigenvalue weighted by molar-refractivity contribution is 7.14. The third kappa shape index (κ3) is 4.04. The highest BCUT2D eigenvalue weighted by Gasteiger charge is 2.25. The molecule has 0 saturated heterocycles. The van der Waals surface area contributed by atoms with E-state index in [9.17, 15) is 25.0 Å². The molecule has 29 heavy (non-hydrogen) atoms. The number of carbonyl (C=O) groups excluding carboxylic acids is 1. The zero-order valence-electron chi connectivity index (χ0n) is 15.2. The van der Waals surface area contributed by atoms with Crippen LogP contribution in [-0.4, -0.2) is 27.8 Å². The van der Waals surface area contributed by atoms with Gasteiger partial charge in [0.2, 0.25) is 0 Å². The third-order valence-corrected chi connectivity index (χ3v) is 4.87. The summed E-state index contributed by atoms with van der Waals surface area (Å²) in [6.45, 7) is 1.26. The van der Waals surface area contributed by atoms with Crippen molar-refractivity contribution in [3.63, 3.8) is 0 Å². The van der Waals surface area contributed by atoms with Gasteiger partial charge in [-0.1, -0.05) is 12.1 Å². The van der Waals surface area contributed by atoms with Gasteiger partial charge < -0.3 is 4.74 Å². The fourth-order valence-electron chi connectivity index (χ4n) is 2.67. The summed E-state index contributed by atoms with van der Waals surface area (Å²) < 4.78 is 5.29. The van der Waals surface area contributed by atoms with Gasteiger partial charge in [0.15, 0.2) is 5.13 Å². The quantitative estimate of drug-likeness (QED) is 0.471. The highest BCUT2D eigenvalue weighted by atomic mass is 32.1. The Morgan fingerprint density at radius 3 is 2.34 bits per heavy atom. The van der Waals surface area contributed by atoms with Crippen LogP contribution >= 0.6 is 11.3 Å². The van der Waals surface area contributed by atoms with Crippen LogP contribution in [0.3, 0.4) is 0 Å². The molecule has 0 aliphatic carbocycles. The second-order valence-corrected chi connectivity index (χ2v) is 6.70. The van der Waals surface area contributed by atoms with Gasteiger partial charge in [0.05, 0.1) is 28.2 Å². The van der Waals surface area contributed by atoms with Crippen molar-refractivity contribution in [1.82, 2.24) is 4.98 Å². The molecule has 0 spiro atoms. The molecule has 0 bridgehead atoms. The lowest BCUT2D eigenvalue weighted by Crippen LogP contribution is -2.13. The van der Waals surface area contributed by atoms with E-state index in [2.05, 4.69) is 10.3 Å². The third-order valence-electron chi connectivity index (χ3n) is 4.12. The molecule has 0 radical (unpaired) electrons. The number of hydrogen-bond donors (Lipinski definition) is 1. The van der Waals surface area contributed by atoms with Crippen molar-refractivity contribution in [2.75, 3.05) is 12.4 Å². The lowest BCUT2D eigenvalue weighted by atomic mass is 10.1. The van der Waals surface area contributed by atoms with E-state index < -0.39 is 27.1 Å². The monoisotopic (exact) mass is 414 g/mol. The van der Waals surface area contributed by atoms with E-state index in [-0.39, 0.29) is 16.3 Å². The van der Waals surface area contributed by atoms with Gasteiger partial charge >= 0.3 is 0 Å². The number of rotatable bonds is 6. The van der Waals surface area contributed by atoms with Crippen molar-refractivity contribution < 1.29 is 19.4 Å². The number of hydrogen-bond acceptors (Lipinski definition) is 8. The zero-order chi connectivity index (χ0) is 21.1. The Morgan fingerprint density at radius 1 is 1.14 bits per heavy atom. The molecule has 0 aliphatic heterocycles. The number of nitrogens with one attached hydrogen (secondary N) is 1. The summed E-state index contributed by atoms with van der Waals surface area (Å²) in [6, 6.07) is 9.23. The molecule has 148 valence electrons. The number of nitro groups is 2. The van der Waals surface area contributed by atoms with E-state index in [1.165, 1.54) is 14.0 Å². The number of amides is 1. The van der Waals surface area contributed by atoms with Gasteiger partial charge in [-0.2, -0.15) is 0 Å². The second kappa shape index (κ2) is 8.02. The summed E-state index contributed by atoms with van der Waals surface area (Å²) in [5.74, 6) is -0.127. The Morgan fingerprint density at radius 2 is 1.76 bits per heavy atom. The largest absolute Gasteiger partial charge is 0.496 e. The molecule has 1 aromatic heterocycles. The molecule has 3 rings (SSSR count). The van der Waals surface area contributed by atoms with E-state index in [4.69, 9.17) is 4.74 Å². The molecule has 0 aliphatic rings. The van der Waals surface area contributed by atoms with Crippen molar-refractivity contribution in [2.45, 2.75) is 6.92 Å². The molecule has 0 unspecified atom stereocenters. The van der Waals surface area contributed by atoms with Gasteiger partial charge in [0.25, 0.3) is 17.3 Å². The number of benzene rings is 2. The van der Waals surface area contributed by atoms with Crippen LogP contribution in [0.1, 0.15) is 15.9 Å². The summed E-state index contributed by atoms with van der Waals surface area (Å²) in [7, 11) is 1.53. The average molecular weight is 414 g/mol. The molecule has 10 nitrogen and oxygen atoms in total. The Labute approximate surface area is 168 Å². The van der Waals surface area contributed by atoms with E-state index in [0.29, 0.717) is 11.4 Å². The average Bonchev–Trinajstić information content (AvgIpc) is 3.15. The van der Waals surface area contributed by atoms with Crippen molar-refractivity contribution in [1.29, 1.82) is 0 Å². The molecule has 2 aromatic carbocycles. The van der Waals surface area contributed by atoms with Crippen LogP contribution in [-0.2, 0) is 0 Å². The topological polar surface area (TPSA) is 138 Å². The highest BCUT2D eigenvalue weighted by Crippen LogP contribution is 2.33. The number of anilines is 1. The van der Waals surface area contributed by atoms with Gasteiger partial charge in [-0.15, -0.1) is 11.3 Å². The van der Waals surface area contributed by atoms with Crippen LogP contribution in [0.2, 0.25) is 0 Å². The first-order valence-electron chi connectivity index (χ1n) is 8.15. The van der Waals surface area contributed by atoms with Crippen molar-refractivity contribution in [2.24, 2.45) is 0 Å². The normalized spacial score (nSPS) is 10.4. The number of aromatic nitrogens is 1. The van der Waals surface area contributed by atoms with Gasteiger partial charge in [0, 0.05) is 23.1 Å². The summed E-state index contributed by atoms with van der Waals surface area (Å²) in [5, 5.41) is 26.8. The summed E-state index contributed by atoms with van der Waals surface area (Å²) in [6.07, 6.45) is 0. The first kappa shape index (κ1) is 19.9. The van der Waals surface area contributed by atoms with Gasteiger partial charge in [-0.05, 0) is 19.1 Å². The SMILES string of the molecule is COc1ccccc1-c1csc(NC(=O)c2cc([N+](=O)[O-])c(C)c([N+](=O)[O-])c2)n1. The molecule has 11 heteroatoms. The predicted molar refractivity (Wildman–Crippen MR) is 107 cm³/mol. The number of nitrogens with zero attached hydrogens (tertiary/aromatic N) is 3. The molecular formula is C18H14N4O6S. The number of nitro benzene ring substituents is 2. The number of methoxy groups -OCH3 is 1. The fraction of sp³-hybridized carbons (Fsp3) is 0.111. The van der Waals surface area contributed by atoms with Crippen LogP contribution in [0.25, 0.3) is 11.3 Å². The minimum Gasteiger partial charge on any atom is -0.496 e. The first-order valence-corrected chi connectivity index (χ1v) is 9.03. The molecule has 0 saturated carbocycles. The minimum atomic E-state index is -0.762. The first-order chi connectivity index (χ1) is 13.8. The standard InChI is InChI=1S/C18H14N4O6S/c1-10-14(21(24)25)7-11(8-15(10)22(26)27)17(23)20-18-19-13(9-29-18)12-5-3-4-6-16(12)28-2/h3-9H,1-2H3,(H,19,20,23). The summed E-state index contributed by atoms with van der Waals surface area (Å²) in [5.41, 5.74) is -0.0272. The van der Waals surface area contributed by atoms with E-state index in [1.807, 2.05) is 18.2 Å². The molecule has 1 heterocycles. The van der Waals surface area contributed by atoms with Gasteiger partial charge in [-0.3, -0.25) is 30.3 Å². The lowest BCUT2D eigenvalue weighted by Gasteiger charge is -2.06. The van der Waals surface area contributed by atoms with E-state index in [1.54, 1.807) is 11.4 Å². The van der Waals surface area contributed by atoms with Crippen LogP contribution in [0.5, 0.6) is 5.75 Å². The maximum Gasteiger partial charge on any atom is 0.279 e. The molecule has 1 N–H and O–H groups in total. The van der Waals surface area contributed by atoms with E-state index in [0.717, 1.165) is 29.0 Å². The Balaban J connectivity index is 1.91. The van der Waals surface area contributed by atoms with Crippen molar-refractivity contribution in [3.8, 4) is 17.0 Å². The number of para-hydroxylation sites is 1. The molecule has 0 atom stereocenters. The lowest BCUT2D eigenvalue weighted by molar-refractivity contribution is -0.395. The number of thiazole rings is 1. The molecule has 0 fully saturated rings. The second-order valence-electron chi connectivity index (χ2n) is 5.85. The van der Waals surface area contributed by atoms with E-state index >= 15 is 0 Å². The van der Waals surface area contributed by atoms with Crippen molar-refractivity contribution >= 4 is 33.8 Å².